The molecule has 0 saturated carbocycles. The molecule has 8 heteroatoms. The molecule has 0 radical (unpaired) electrons. The fourth-order valence-electron chi connectivity index (χ4n) is 5.70. The number of ether oxygens (including phenoxy) is 1. The van der Waals surface area contributed by atoms with Crippen LogP contribution >= 0.6 is 11.3 Å². The normalized spacial score (nSPS) is 17.3. The molecular formula is C31H36N4O3S. The molecule has 2 aliphatic heterocycles. The molecule has 7 nitrogen and oxygen atoms in total. The molecule has 1 saturated heterocycles. The smallest absolute Gasteiger partial charge is 0.271 e. The van der Waals surface area contributed by atoms with Crippen LogP contribution in [0.4, 0.5) is 5.69 Å². The molecule has 1 fully saturated rings. The van der Waals surface area contributed by atoms with Gasteiger partial charge in [0.2, 0.25) is 0 Å². The Balaban J connectivity index is 1.66. The fraction of sp³-hybridized carbons (Fsp3) is 0.387. The molecular weight excluding hydrogens is 508 g/mol. The van der Waals surface area contributed by atoms with Gasteiger partial charge in [0.1, 0.15) is 11.8 Å². The van der Waals surface area contributed by atoms with Crippen LogP contribution < -0.4 is 24.5 Å². The lowest BCUT2D eigenvalue weighted by atomic mass is 9.94. The van der Waals surface area contributed by atoms with Crippen LogP contribution in [0.15, 0.2) is 63.5 Å². The van der Waals surface area contributed by atoms with E-state index in [9.17, 15) is 9.59 Å². The lowest BCUT2D eigenvalue weighted by molar-refractivity contribution is -0.127. The summed E-state index contributed by atoms with van der Waals surface area (Å²) in [6.07, 6.45) is 4.40. The summed E-state index contributed by atoms with van der Waals surface area (Å²) in [7, 11) is 1.61. The number of benzene rings is 2. The molecule has 1 amide bonds. The number of fused-ring (bicyclic) bond motifs is 1. The number of para-hydroxylation sites is 1. The number of likely N-dealkylation sites (N-methyl/N-ethyl adjacent to an activating group) is 1. The van der Waals surface area contributed by atoms with Crippen molar-refractivity contribution in [1.82, 2.24) is 9.47 Å². The number of amides is 1. The number of carbonyl (C=O) groups is 1. The summed E-state index contributed by atoms with van der Waals surface area (Å²) < 4.78 is 7.96. The second kappa shape index (κ2) is 11.2. The Labute approximate surface area is 233 Å². The number of allylic oxidation sites excluding steroid dienone is 1. The van der Waals surface area contributed by atoms with Gasteiger partial charge in [-0.15, -0.1) is 0 Å². The third kappa shape index (κ3) is 4.93. The molecule has 1 aromatic heterocycles. The average molecular weight is 545 g/mol. The Kier molecular flexibility index (Phi) is 7.75. The molecule has 39 heavy (non-hydrogen) atoms. The van der Waals surface area contributed by atoms with Crippen LogP contribution in [0.25, 0.3) is 6.08 Å². The number of thiazole rings is 1. The van der Waals surface area contributed by atoms with E-state index in [2.05, 4.69) is 30.0 Å². The van der Waals surface area contributed by atoms with Gasteiger partial charge < -0.3 is 14.5 Å². The predicted molar refractivity (Wildman–Crippen MR) is 157 cm³/mol. The standard InChI is InChI=1S/C31H36N4O3S/c1-6-33(7-2)30(37)27-21(4)32-31-35(28(27)23-12-8-9-13-25(23)38-5)29(36)26(39-31)19-22-14-15-24(20(3)18-22)34-16-10-11-17-34/h8-9,12-15,18-19,28H,6-7,10-11,16-17H2,1-5H3/b26-19-/t28-/m0/s1. The number of nitrogens with zero attached hydrogens (tertiary/aromatic N) is 4. The number of rotatable bonds is 7. The molecule has 0 aliphatic carbocycles. The van der Waals surface area contributed by atoms with E-state index in [0.29, 0.717) is 39.4 Å². The van der Waals surface area contributed by atoms with Crippen molar-refractivity contribution in [3.05, 3.63) is 90.1 Å². The maximum absolute atomic E-state index is 14.0. The van der Waals surface area contributed by atoms with Crippen molar-refractivity contribution in [3.8, 4) is 5.75 Å². The van der Waals surface area contributed by atoms with Crippen LogP contribution in [0, 0.1) is 6.92 Å². The Morgan fingerprint density at radius 2 is 1.85 bits per heavy atom. The van der Waals surface area contributed by atoms with E-state index in [1.54, 1.807) is 16.6 Å². The first-order chi connectivity index (χ1) is 18.9. The summed E-state index contributed by atoms with van der Waals surface area (Å²) in [6.45, 7) is 11.2. The highest BCUT2D eigenvalue weighted by atomic mass is 32.1. The van der Waals surface area contributed by atoms with Crippen molar-refractivity contribution in [2.75, 3.05) is 38.2 Å². The molecule has 0 N–H and O–H groups in total. The summed E-state index contributed by atoms with van der Waals surface area (Å²) in [5, 5.41) is 0. The van der Waals surface area contributed by atoms with Gasteiger partial charge in [-0.1, -0.05) is 35.6 Å². The van der Waals surface area contributed by atoms with Gasteiger partial charge in [-0.25, -0.2) is 4.99 Å². The molecule has 5 rings (SSSR count). The van der Waals surface area contributed by atoms with Gasteiger partial charge in [-0.2, -0.15) is 0 Å². The van der Waals surface area contributed by atoms with Crippen molar-refractivity contribution < 1.29 is 9.53 Å². The highest BCUT2D eigenvalue weighted by molar-refractivity contribution is 7.07. The molecule has 0 spiro atoms. The van der Waals surface area contributed by atoms with E-state index in [1.807, 2.05) is 51.1 Å². The molecule has 0 bridgehead atoms. The number of hydrogen-bond acceptors (Lipinski definition) is 6. The maximum atomic E-state index is 14.0. The van der Waals surface area contributed by atoms with Crippen molar-refractivity contribution in [3.63, 3.8) is 0 Å². The minimum absolute atomic E-state index is 0.112. The van der Waals surface area contributed by atoms with E-state index in [1.165, 1.54) is 35.4 Å². The van der Waals surface area contributed by atoms with Crippen molar-refractivity contribution in [2.24, 2.45) is 4.99 Å². The van der Waals surface area contributed by atoms with E-state index >= 15 is 0 Å². The minimum atomic E-state index is -0.632. The Hall–Kier alpha value is -3.65. The molecule has 0 unspecified atom stereocenters. The summed E-state index contributed by atoms with van der Waals surface area (Å²) in [5.41, 5.74) is 5.18. The van der Waals surface area contributed by atoms with Gasteiger partial charge in [0.05, 0.1) is 22.9 Å². The molecule has 1 atom stereocenters. The second-order valence-corrected chi connectivity index (χ2v) is 11.1. The van der Waals surface area contributed by atoms with Gasteiger partial charge in [0.15, 0.2) is 4.80 Å². The number of carbonyl (C=O) groups excluding carboxylic acids is 1. The first kappa shape index (κ1) is 26.9. The Morgan fingerprint density at radius 1 is 1.13 bits per heavy atom. The van der Waals surface area contributed by atoms with E-state index in [0.717, 1.165) is 24.2 Å². The first-order valence-corrected chi connectivity index (χ1v) is 14.5. The third-order valence-corrected chi connectivity index (χ3v) is 8.68. The van der Waals surface area contributed by atoms with E-state index < -0.39 is 6.04 Å². The SMILES string of the molecule is CCN(CC)C(=O)C1=C(C)N=c2s/c(=C\c3ccc(N4CCCC4)c(C)c3)c(=O)n2[C@H]1c1ccccc1OC. The van der Waals surface area contributed by atoms with Crippen LogP contribution in [-0.2, 0) is 4.79 Å². The van der Waals surface area contributed by atoms with Gasteiger partial charge in [0.25, 0.3) is 11.5 Å². The predicted octanol–water partition coefficient (Wildman–Crippen LogP) is 4.02. The molecule has 204 valence electrons. The lowest BCUT2D eigenvalue weighted by Crippen LogP contribution is -2.43. The lowest BCUT2D eigenvalue weighted by Gasteiger charge is -2.29. The van der Waals surface area contributed by atoms with Crippen molar-refractivity contribution >= 4 is 29.0 Å². The third-order valence-electron chi connectivity index (χ3n) is 7.70. The molecule has 2 aliphatic rings. The number of methoxy groups -OCH3 is 1. The van der Waals surface area contributed by atoms with Gasteiger partial charge in [0, 0.05) is 37.4 Å². The van der Waals surface area contributed by atoms with Crippen LogP contribution in [0.5, 0.6) is 5.75 Å². The second-order valence-electron chi connectivity index (χ2n) is 10.0. The van der Waals surface area contributed by atoms with Crippen LogP contribution in [0.2, 0.25) is 0 Å². The molecule has 3 aromatic rings. The largest absolute Gasteiger partial charge is 0.496 e. The van der Waals surface area contributed by atoms with Crippen LogP contribution in [0.3, 0.4) is 0 Å². The van der Waals surface area contributed by atoms with Crippen molar-refractivity contribution in [1.29, 1.82) is 0 Å². The average Bonchev–Trinajstić information content (AvgIpc) is 3.57. The van der Waals surface area contributed by atoms with E-state index in [-0.39, 0.29) is 11.5 Å². The van der Waals surface area contributed by atoms with Gasteiger partial charge in [-0.05, 0) is 75.9 Å². The summed E-state index contributed by atoms with van der Waals surface area (Å²) >= 11 is 1.36. The van der Waals surface area contributed by atoms with E-state index in [4.69, 9.17) is 9.73 Å². The van der Waals surface area contributed by atoms with Gasteiger partial charge >= 0.3 is 0 Å². The fourth-order valence-corrected chi connectivity index (χ4v) is 6.74. The molecule has 2 aromatic carbocycles. The summed E-state index contributed by atoms with van der Waals surface area (Å²) in [6, 6.07) is 13.3. The van der Waals surface area contributed by atoms with Crippen LogP contribution in [0.1, 0.15) is 56.3 Å². The summed E-state index contributed by atoms with van der Waals surface area (Å²) in [4.78, 5) is 37.4. The number of anilines is 1. The number of aryl methyl sites for hydroxylation is 1. The Morgan fingerprint density at radius 3 is 2.51 bits per heavy atom. The highest BCUT2D eigenvalue weighted by Gasteiger charge is 2.35. The monoisotopic (exact) mass is 544 g/mol. The zero-order valence-electron chi connectivity index (χ0n) is 23.4. The van der Waals surface area contributed by atoms with Gasteiger partial charge in [-0.3, -0.25) is 14.2 Å². The Bertz CT molecular complexity index is 1610. The maximum Gasteiger partial charge on any atom is 0.271 e. The summed E-state index contributed by atoms with van der Waals surface area (Å²) in [5.74, 6) is 0.518. The number of aromatic nitrogens is 1. The zero-order chi connectivity index (χ0) is 27.7. The topological polar surface area (TPSA) is 67.1 Å². The first-order valence-electron chi connectivity index (χ1n) is 13.7. The number of hydrogen-bond donors (Lipinski definition) is 0. The molecule has 3 heterocycles. The van der Waals surface area contributed by atoms with Crippen LogP contribution in [-0.4, -0.2) is 48.7 Å². The van der Waals surface area contributed by atoms with Crippen molar-refractivity contribution in [2.45, 2.75) is 46.6 Å². The quantitative estimate of drug-likeness (QED) is 0.451. The highest BCUT2D eigenvalue weighted by Crippen LogP contribution is 2.36. The zero-order valence-corrected chi connectivity index (χ0v) is 24.2. The minimum Gasteiger partial charge on any atom is -0.496 e.